The summed E-state index contributed by atoms with van der Waals surface area (Å²) < 4.78 is 13.2. The van der Waals surface area contributed by atoms with E-state index < -0.39 is 5.82 Å². The number of hydrogen-bond donors (Lipinski definition) is 3. The minimum absolute atomic E-state index is 0.0344. The molecule has 2 atom stereocenters. The van der Waals surface area contributed by atoms with Gasteiger partial charge in [-0.15, -0.1) is 0 Å². The average Bonchev–Trinajstić information content (AvgIpc) is 2.63. The zero-order valence-electron chi connectivity index (χ0n) is 14.9. The Bertz CT molecular complexity index is 813. The molecule has 1 aromatic heterocycles. The molecule has 8 heteroatoms. The first-order valence-electron chi connectivity index (χ1n) is 8.83. The van der Waals surface area contributed by atoms with E-state index in [4.69, 9.17) is 23.2 Å². The summed E-state index contributed by atoms with van der Waals surface area (Å²) in [7, 11) is 0. The summed E-state index contributed by atoms with van der Waals surface area (Å²) >= 11 is 12.0. The van der Waals surface area contributed by atoms with Gasteiger partial charge < -0.3 is 16.0 Å². The lowest BCUT2D eigenvalue weighted by Gasteiger charge is -2.34. The third kappa shape index (κ3) is 5.02. The smallest absolute Gasteiger partial charge is 0.319 e. The van der Waals surface area contributed by atoms with Crippen LogP contribution >= 0.6 is 23.2 Å². The van der Waals surface area contributed by atoms with Crippen molar-refractivity contribution in [2.45, 2.75) is 44.7 Å². The summed E-state index contributed by atoms with van der Waals surface area (Å²) in [6.45, 7) is 1.94. The van der Waals surface area contributed by atoms with Gasteiger partial charge in [0.15, 0.2) is 0 Å². The van der Waals surface area contributed by atoms with Crippen LogP contribution in [0.15, 0.2) is 30.6 Å². The molecule has 2 aromatic rings. The summed E-state index contributed by atoms with van der Waals surface area (Å²) in [5, 5.41) is 9.70. The van der Waals surface area contributed by atoms with E-state index in [1.165, 1.54) is 18.2 Å². The van der Waals surface area contributed by atoms with Gasteiger partial charge >= 0.3 is 6.03 Å². The van der Waals surface area contributed by atoms with Gasteiger partial charge in [-0.3, -0.25) is 4.98 Å². The van der Waals surface area contributed by atoms with E-state index in [0.717, 1.165) is 36.9 Å². The molecule has 2 amide bonds. The zero-order valence-corrected chi connectivity index (χ0v) is 16.4. The van der Waals surface area contributed by atoms with E-state index in [2.05, 4.69) is 20.9 Å². The van der Waals surface area contributed by atoms with Crippen LogP contribution in [0, 0.1) is 12.7 Å². The highest BCUT2D eigenvalue weighted by Crippen LogP contribution is 2.29. The lowest BCUT2D eigenvalue weighted by molar-refractivity contribution is 0.242. The molecule has 27 heavy (non-hydrogen) atoms. The Kier molecular flexibility index (Phi) is 6.39. The lowest BCUT2D eigenvalue weighted by atomic mass is 9.90. The minimum Gasteiger partial charge on any atom is -0.379 e. The number of carbonyl (C=O) groups excluding carboxylic acids is 1. The number of hydrogen-bond acceptors (Lipinski definition) is 3. The maximum absolute atomic E-state index is 13.2. The standard InChI is InChI=1S/C19H21Cl2FN4O/c1-11-9-23-10-14(21)18(11)25-16-4-2-3-5-17(16)26-19(27)24-12-6-7-15(22)13(20)8-12/h6-10,16-17H,2-5H2,1H3,(H,23,25)(H2,24,26,27). The van der Waals surface area contributed by atoms with Crippen molar-refractivity contribution in [3.63, 3.8) is 0 Å². The Labute approximate surface area is 167 Å². The predicted molar refractivity (Wildman–Crippen MR) is 107 cm³/mol. The number of aromatic nitrogens is 1. The quantitative estimate of drug-likeness (QED) is 0.633. The highest BCUT2D eigenvalue weighted by molar-refractivity contribution is 6.33. The Morgan fingerprint density at radius 2 is 1.89 bits per heavy atom. The second-order valence-electron chi connectivity index (χ2n) is 6.68. The molecule has 0 radical (unpaired) electrons. The number of aryl methyl sites for hydroxylation is 1. The van der Waals surface area contributed by atoms with Crippen molar-refractivity contribution in [2.75, 3.05) is 10.6 Å². The maximum Gasteiger partial charge on any atom is 0.319 e. The summed E-state index contributed by atoms with van der Waals surface area (Å²) in [6, 6.07) is 3.72. The monoisotopic (exact) mass is 410 g/mol. The van der Waals surface area contributed by atoms with Crippen molar-refractivity contribution in [1.82, 2.24) is 10.3 Å². The maximum atomic E-state index is 13.2. The molecule has 144 valence electrons. The molecule has 3 rings (SSSR count). The normalized spacial score (nSPS) is 19.4. The van der Waals surface area contributed by atoms with E-state index >= 15 is 0 Å². The molecule has 0 bridgehead atoms. The summed E-state index contributed by atoms with van der Waals surface area (Å²) in [5.41, 5.74) is 2.24. The van der Waals surface area contributed by atoms with Crippen LogP contribution in [0.5, 0.6) is 0 Å². The molecule has 1 heterocycles. The second kappa shape index (κ2) is 8.76. The number of urea groups is 1. The first-order chi connectivity index (χ1) is 12.9. The van der Waals surface area contributed by atoms with Crippen LogP contribution in [0.25, 0.3) is 0 Å². The van der Waals surface area contributed by atoms with Gasteiger partial charge in [0.2, 0.25) is 0 Å². The number of pyridine rings is 1. The SMILES string of the molecule is Cc1cncc(Cl)c1NC1CCCCC1NC(=O)Nc1ccc(F)c(Cl)c1. The number of nitrogens with one attached hydrogen (secondary N) is 3. The van der Waals surface area contributed by atoms with Gasteiger partial charge in [-0.2, -0.15) is 0 Å². The van der Waals surface area contributed by atoms with Crippen LogP contribution in [0.4, 0.5) is 20.6 Å². The van der Waals surface area contributed by atoms with E-state index in [1.54, 1.807) is 12.4 Å². The van der Waals surface area contributed by atoms with Gasteiger partial charge in [0, 0.05) is 24.1 Å². The number of amides is 2. The molecular formula is C19H21Cl2FN4O. The number of nitrogens with zero attached hydrogens (tertiary/aromatic N) is 1. The third-order valence-electron chi connectivity index (χ3n) is 4.68. The Balaban J connectivity index is 1.66. The lowest BCUT2D eigenvalue weighted by Crippen LogP contribution is -2.49. The van der Waals surface area contributed by atoms with Crippen molar-refractivity contribution in [3.05, 3.63) is 52.0 Å². The van der Waals surface area contributed by atoms with Crippen molar-refractivity contribution in [1.29, 1.82) is 0 Å². The van der Waals surface area contributed by atoms with Gasteiger partial charge in [-0.1, -0.05) is 36.0 Å². The van der Waals surface area contributed by atoms with Crippen LogP contribution in [0.3, 0.4) is 0 Å². The van der Waals surface area contributed by atoms with Crippen molar-refractivity contribution < 1.29 is 9.18 Å². The number of benzene rings is 1. The summed E-state index contributed by atoms with van der Waals surface area (Å²) in [6.07, 6.45) is 7.25. The first kappa shape index (κ1) is 19.7. The fourth-order valence-corrected chi connectivity index (χ4v) is 3.73. The topological polar surface area (TPSA) is 66.0 Å². The molecule has 1 aliphatic carbocycles. The summed E-state index contributed by atoms with van der Waals surface area (Å²) in [4.78, 5) is 16.5. The Morgan fingerprint density at radius 1 is 1.15 bits per heavy atom. The van der Waals surface area contributed by atoms with Gasteiger partial charge in [-0.25, -0.2) is 9.18 Å². The van der Waals surface area contributed by atoms with Crippen LogP contribution < -0.4 is 16.0 Å². The molecule has 0 aliphatic heterocycles. The molecule has 3 N–H and O–H groups in total. The zero-order chi connectivity index (χ0) is 19.4. The second-order valence-corrected chi connectivity index (χ2v) is 7.50. The Hall–Kier alpha value is -2.05. The molecule has 0 saturated heterocycles. The molecule has 5 nitrogen and oxygen atoms in total. The fourth-order valence-electron chi connectivity index (χ4n) is 3.29. The third-order valence-corrected chi connectivity index (χ3v) is 5.26. The number of carbonyl (C=O) groups is 1. The van der Waals surface area contributed by atoms with Crippen LogP contribution in [0.1, 0.15) is 31.2 Å². The van der Waals surface area contributed by atoms with Crippen LogP contribution in [0.2, 0.25) is 10.0 Å². The minimum atomic E-state index is -0.524. The number of halogens is 3. The highest BCUT2D eigenvalue weighted by Gasteiger charge is 2.27. The fraction of sp³-hybridized carbons (Fsp3) is 0.368. The van der Waals surface area contributed by atoms with E-state index in [0.29, 0.717) is 10.7 Å². The molecule has 1 aliphatic rings. The van der Waals surface area contributed by atoms with Gasteiger partial charge in [0.1, 0.15) is 5.82 Å². The van der Waals surface area contributed by atoms with Crippen molar-refractivity contribution in [2.24, 2.45) is 0 Å². The van der Waals surface area contributed by atoms with Gasteiger partial charge in [0.25, 0.3) is 0 Å². The van der Waals surface area contributed by atoms with Gasteiger partial charge in [-0.05, 0) is 43.5 Å². The van der Waals surface area contributed by atoms with Crippen LogP contribution in [-0.2, 0) is 0 Å². The number of rotatable bonds is 4. The predicted octanol–water partition coefficient (Wildman–Crippen LogP) is 5.38. The highest BCUT2D eigenvalue weighted by atomic mass is 35.5. The molecule has 1 aromatic carbocycles. The first-order valence-corrected chi connectivity index (χ1v) is 9.59. The van der Waals surface area contributed by atoms with Gasteiger partial charge in [0.05, 0.1) is 21.8 Å². The van der Waals surface area contributed by atoms with Crippen LogP contribution in [-0.4, -0.2) is 23.1 Å². The molecule has 1 fully saturated rings. The average molecular weight is 411 g/mol. The van der Waals surface area contributed by atoms with Crippen molar-refractivity contribution in [3.8, 4) is 0 Å². The summed E-state index contributed by atoms with van der Waals surface area (Å²) in [5.74, 6) is -0.524. The van der Waals surface area contributed by atoms with E-state index in [9.17, 15) is 9.18 Å². The van der Waals surface area contributed by atoms with E-state index in [-0.39, 0.29) is 23.1 Å². The molecule has 0 spiro atoms. The number of anilines is 2. The van der Waals surface area contributed by atoms with E-state index in [1.807, 2.05) is 6.92 Å². The molecular weight excluding hydrogens is 390 g/mol. The molecule has 1 saturated carbocycles. The largest absolute Gasteiger partial charge is 0.379 e. The molecule has 2 unspecified atom stereocenters. The van der Waals surface area contributed by atoms with Crippen molar-refractivity contribution >= 4 is 40.6 Å². The Morgan fingerprint density at radius 3 is 2.59 bits per heavy atom.